The molecule has 1 fully saturated rings. The zero-order valence-corrected chi connectivity index (χ0v) is 11.2. The number of hydrogen-bond acceptors (Lipinski definition) is 6. The number of H-pyrrole nitrogens is 1. The highest BCUT2D eigenvalue weighted by Crippen LogP contribution is 2.34. The molecule has 0 amide bonds. The molecule has 0 radical (unpaired) electrons. The molecule has 2 rings (SSSR count). The maximum absolute atomic E-state index is 11.9. The van der Waals surface area contributed by atoms with E-state index in [2.05, 4.69) is 15.0 Å². The Morgan fingerprint density at radius 3 is 2.90 bits per heavy atom. The Hall–Kier alpha value is -2.13. The average molecular weight is 297 g/mol. The first-order valence-corrected chi connectivity index (χ1v) is 6.27. The van der Waals surface area contributed by atoms with Crippen LogP contribution >= 0.6 is 0 Å². The number of nitrogens with one attached hydrogen (secondary N) is 1. The van der Waals surface area contributed by atoms with Crippen molar-refractivity contribution in [3.8, 4) is 0 Å². The Balaban J connectivity index is 2.44. The van der Waals surface area contributed by atoms with Crippen molar-refractivity contribution in [1.82, 2.24) is 9.55 Å². The highest BCUT2D eigenvalue weighted by atomic mass is 16.5. The van der Waals surface area contributed by atoms with Gasteiger partial charge in [-0.3, -0.25) is 14.3 Å². The predicted molar refractivity (Wildman–Crippen MR) is 70.6 cm³/mol. The third kappa shape index (κ3) is 2.83. The van der Waals surface area contributed by atoms with E-state index in [0.29, 0.717) is 5.56 Å². The molecule has 0 bridgehead atoms. The quantitative estimate of drug-likeness (QED) is 0.370. The van der Waals surface area contributed by atoms with E-state index in [1.165, 1.54) is 13.1 Å². The number of ether oxygens (including phenoxy) is 1. The van der Waals surface area contributed by atoms with Crippen molar-refractivity contribution >= 4 is 0 Å². The van der Waals surface area contributed by atoms with Crippen molar-refractivity contribution < 1.29 is 14.9 Å². The number of aliphatic hydroxyl groups excluding tert-OH is 2. The lowest BCUT2D eigenvalue weighted by atomic mass is 10.00. The lowest BCUT2D eigenvalue weighted by Crippen LogP contribution is -2.37. The molecule has 1 aliphatic rings. The van der Waals surface area contributed by atoms with E-state index in [4.69, 9.17) is 10.3 Å². The van der Waals surface area contributed by atoms with Crippen molar-refractivity contribution in [2.75, 3.05) is 13.2 Å². The zero-order chi connectivity index (χ0) is 15.6. The fourth-order valence-electron chi connectivity index (χ4n) is 2.33. The molecule has 21 heavy (non-hydrogen) atoms. The molecule has 10 nitrogen and oxygen atoms in total. The van der Waals surface area contributed by atoms with Gasteiger partial charge in [0.05, 0.1) is 12.7 Å². The second-order valence-electron chi connectivity index (χ2n) is 4.79. The van der Waals surface area contributed by atoms with Crippen LogP contribution in [-0.2, 0) is 4.74 Å². The van der Waals surface area contributed by atoms with Crippen molar-refractivity contribution in [1.29, 1.82) is 0 Å². The summed E-state index contributed by atoms with van der Waals surface area (Å²) in [6, 6.07) is 0. The summed E-state index contributed by atoms with van der Waals surface area (Å²) >= 11 is 0. The molecule has 1 aliphatic heterocycles. The minimum Gasteiger partial charge on any atom is -0.394 e. The van der Waals surface area contributed by atoms with Gasteiger partial charge in [-0.25, -0.2) is 4.79 Å². The summed E-state index contributed by atoms with van der Waals surface area (Å²) in [6.07, 6.45) is -1.62. The summed E-state index contributed by atoms with van der Waals surface area (Å²) in [7, 11) is 0. The molecule has 1 aromatic rings. The highest BCUT2D eigenvalue weighted by molar-refractivity contribution is 5.03. The summed E-state index contributed by atoms with van der Waals surface area (Å²) in [4.78, 5) is 28.0. The van der Waals surface area contributed by atoms with Crippen LogP contribution in [0.15, 0.2) is 20.9 Å². The third-order valence-electron chi connectivity index (χ3n) is 3.46. The number of nitrogens with zero attached hydrogens (tertiary/aromatic N) is 4. The molecular weight excluding hydrogens is 282 g/mol. The number of aromatic nitrogens is 2. The van der Waals surface area contributed by atoms with Crippen LogP contribution < -0.4 is 11.2 Å². The van der Waals surface area contributed by atoms with Crippen LogP contribution in [0, 0.1) is 12.8 Å². The topological polar surface area (TPSA) is 153 Å². The van der Waals surface area contributed by atoms with E-state index in [1.54, 1.807) is 0 Å². The summed E-state index contributed by atoms with van der Waals surface area (Å²) in [5, 5.41) is 22.6. The molecule has 0 spiro atoms. The van der Waals surface area contributed by atoms with Gasteiger partial charge >= 0.3 is 5.69 Å². The molecule has 0 saturated carbocycles. The molecule has 0 aromatic carbocycles. The standard InChI is InChI=1S/C11H15N5O5/c1-5-3-16(11(20)14-9(5)19)10-6(2-13-15-12)8(18)7(4-17)21-10/h3,6-8,10,17-18H,2,4H2,1H3,(H,14,19,20)/t6-,7+,8-,10-/m1/s1. The first-order chi connectivity index (χ1) is 9.99. The fraction of sp³-hybridized carbons (Fsp3) is 0.636. The van der Waals surface area contributed by atoms with Gasteiger partial charge in [-0.1, -0.05) is 5.11 Å². The SMILES string of the molecule is Cc1cn([C@@H]2O[C@@H](CO)[C@H](O)[C@H]2CN=[N+]=[N-])c(=O)[nH]c1=O. The van der Waals surface area contributed by atoms with Gasteiger partial charge in [-0.15, -0.1) is 0 Å². The maximum Gasteiger partial charge on any atom is 0.330 e. The van der Waals surface area contributed by atoms with E-state index in [1.807, 2.05) is 0 Å². The molecule has 114 valence electrons. The molecule has 2 heterocycles. The van der Waals surface area contributed by atoms with Crippen LogP contribution in [0.25, 0.3) is 10.4 Å². The van der Waals surface area contributed by atoms with Crippen LogP contribution in [0.4, 0.5) is 0 Å². The van der Waals surface area contributed by atoms with Gasteiger partial charge in [-0.05, 0) is 12.5 Å². The molecule has 0 aliphatic carbocycles. The minimum atomic E-state index is -1.09. The Morgan fingerprint density at radius 2 is 2.29 bits per heavy atom. The van der Waals surface area contributed by atoms with E-state index in [0.717, 1.165) is 4.57 Å². The van der Waals surface area contributed by atoms with Gasteiger partial charge < -0.3 is 14.9 Å². The second-order valence-corrected chi connectivity index (χ2v) is 4.79. The van der Waals surface area contributed by atoms with Gasteiger partial charge in [0.15, 0.2) is 0 Å². The maximum atomic E-state index is 11.9. The smallest absolute Gasteiger partial charge is 0.330 e. The highest BCUT2D eigenvalue weighted by Gasteiger charge is 2.44. The number of rotatable bonds is 4. The number of hydrogen-bond donors (Lipinski definition) is 3. The Bertz CT molecular complexity index is 676. The van der Waals surface area contributed by atoms with Crippen molar-refractivity contribution in [3.63, 3.8) is 0 Å². The van der Waals surface area contributed by atoms with Crippen molar-refractivity contribution in [2.24, 2.45) is 11.0 Å². The molecular formula is C11H15N5O5. The van der Waals surface area contributed by atoms with Crippen molar-refractivity contribution in [2.45, 2.75) is 25.4 Å². The molecule has 1 aromatic heterocycles. The second kappa shape index (κ2) is 6.10. The number of azide groups is 1. The van der Waals surface area contributed by atoms with Gasteiger partial charge in [0.25, 0.3) is 5.56 Å². The summed E-state index contributed by atoms with van der Waals surface area (Å²) in [5.41, 5.74) is 7.48. The lowest BCUT2D eigenvalue weighted by Gasteiger charge is -2.20. The number of aromatic amines is 1. The van der Waals surface area contributed by atoms with Gasteiger partial charge in [-0.2, -0.15) is 0 Å². The van der Waals surface area contributed by atoms with E-state index < -0.39 is 42.2 Å². The monoisotopic (exact) mass is 297 g/mol. The Kier molecular flexibility index (Phi) is 4.43. The summed E-state index contributed by atoms with van der Waals surface area (Å²) < 4.78 is 6.57. The largest absolute Gasteiger partial charge is 0.394 e. The first kappa shape index (κ1) is 15.3. The fourth-order valence-corrected chi connectivity index (χ4v) is 2.33. The number of aryl methyl sites for hydroxylation is 1. The van der Waals surface area contributed by atoms with Gasteiger partial charge in [0.2, 0.25) is 0 Å². The summed E-state index contributed by atoms with van der Waals surface area (Å²) in [5.74, 6) is -0.707. The zero-order valence-electron chi connectivity index (χ0n) is 11.2. The minimum absolute atomic E-state index is 0.108. The van der Waals surface area contributed by atoms with Crippen LogP contribution in [0.3, 0.4) is 0 Å². The van der Waals surface area contributed by atoms with Crippen LogP contribution in [0.2, 0.25) is 0 Å². The first-order valence-electron chi connectivity index (χ1n) is 6.27. The molecule has 0 unspecified atom stereocenters. The Labute approximate surface area is 118 Å². The van der Waals surface area contributed by atoms with Crippen LogP contribution in [-0.4, -0.2) is 45.1 Å². The molecule has 1 saturated heterocycles. The van der Waals surface area contributed by atoms with Gasteiger partial charge in [0.1, 0.15) is 12.3 Å². The van der Waals surface area contributed by atoms with Crippen LogP contribution in [0.1, 0.15) is 11.8 Å². The van der Waals surface area contributed by atoms with Gasteiger partial charge in [0, 0.05) is 29.1 Å². The van der Waals surface area contributed by atoms with Crippen molar-refractivity contribution in [3.05, 3.63) is 43.0 Å². The third-order valence-corrected chi connectivity index (χ3v) is 3.46. The molecule has 4 atom stereocenters. The number of aliphatic hydroxyl groups is 2. The summed E-state index contributed by atoms with van der Waals surface area (Å²) in [6.45, 7) is 0.969. The Morgan fingerprint density at radius 1 is 1.57 bits per heavy atom. The molecule has 10 heteroatoms. The average Bonchev–Trinajstić information content (AvgIpc) is 2.77. The van der Waals surface area contributed by atoms with E-state index in [9.17, 15) is 19.8 Å². The predicted octanol–water partition coefficient (Wildman–Crippen LogP) is -0.978. The van der Waals surface area contributed by atoms with E-state index in [-0.39, 0.29) is 6.54 Å². The van der Waals surface area contributed by atoms with E-state index >= 15 is 0 Å². The normalized spacial score (nSPS) is 28.3. The van der Waals surface area contributed by atoms with Crippen LogP contribution in [0.5, 0.6) is 0 Å². The molecule has 3 N–H and O–H groups in total. The lowest BCUT2D eigenvalue weighted by molar-refractivity contribution is -0.0479.